The van der Waals surface area contributed by atoms with Gasteiger partial charge < -0.3 is 16.0 Å². The van der Waals surface area contributed by atoms with E-state index in [1.54, 1.807) is 6.20 Å². The van der Waals surface area contributed by atoms with E-state index in [4.69, 9.17) is 0 Å². The molecule has 1 saturated carbocycles. The van der Waals surface area contributed by atoms with E-state index in [0.29, 0.717) is 25.4 Å². The Bertz CT molecular complexity index is 237. The Labute approximate surface area is 89.3 Å². The van der Waals surface area contributed by atoms with Crippen LogP contribution in [0.25, 0.3) is 0 Å². The SMILES string of the molecule is O=CNCCCNC(=O)N/C=C/C1CC1. The molecule has 1 aliphatic carbocycles. The van der Waals surface area contributed by atoms with Gasteiger partial charge in [0.05, 0.1) is 0 Å². The van der Waals surface area contributed by atoms with Crippen molar-refractivity contribution in [2.24, 2.45) is 5.92 Å². The van der Waals surface area contributed by atoms with Crippen molar-refractivity contribution in [3.05, 3.63) is 12.3 Å². The van der Waals surface area contributed by atoms with Gasteiger partial charge in [0.2, 0.25) is 6.41 Å². The molecule has 0 saturated heterocycles. The Morgan fingerprint density at radius 3 is 2.80 bits per heavy atom. The molecule has 1 fully saturated rings. The summed E-state index contributed by atoms with van der Waals surface area (Å²) in [5.74, 6) is 0.669. The van der Waals surface area contributed by atoms with E-state index in [1.165, 1.54) is 12.8 Å². The highest BCUT2D eigenvalue weighted by Crippen LogP contribution is 2.29. The molecule has 0 atom stereocenters. The predicted octanol–water partition coefficient (Wildman–Crippen LogP) is 0.345. The Balaban J connectivity index is 1.90. The zero-order chi connectivity index (χ0) is 10.9. The summed E-state index contributed by atoms with van der Waals surface area (Å²) in [5.41, 5.74) is 0. The summed E-state index contributed by atoms with van der Waals surface area (Å²) in [6, 6.07) is -0.196. The van der Waals surface area contributed by atoms with Crippen molar-refractivity contribution >= 4 is 12.4 Å². The number of urea groups is 1. The molecular formula is C10H17N3O2. The molecule has 0 heterocycles. The minimum absolute atomic E-state index is 0.196. The standard InChI is InChI=1S/C10H17N3O2/c14-8-11-5-1-6-12-10(15)13-7-4-9-2-3-9/h4,7-9H,1-3,5-6H2,(H,11,14)(H2,12,13,15)/b7-4+. The average molecular weight is 211 g/mol. The van der Waals surface area contributed by atoms with E-state index in [-0.39, 0.29) is 6.03 Å². The maximum atomic E-state index is 11.1. The summed E-state index contributed by atoms with van der Waals surface area (Å²) < 4.78 is 0. The van der Waals surface area contributed by atoms with Crippen LogP contribution in [0.5, 0.6) is 0 Å². The maximum absolute atomic E-state index is 11.1. The molecule has 84 valence electrons. The highest BCUT2D eigenvalue weighted by molar-refractivity contribution is 5.74. The second kappa shape index (κ2) is 6.86. The first-order chi connectivity index (χ1) is 7.33. The van der Waals surface area contributed by atoms with Gasteiger partial charge in [-0.25, -0.2) is 4.79 Å². The third-order valence-corrected chi connectivity index (χ3v) is 2.07. The Morgan fingerprint density at radius 2 is 2.13 bits per heavy atom. The lowest BCUT2D eigenvalue weighted by Gasteiger charge is -2.03. The summed E-state index contributed by atoms with van der Waals surface area (Å²) in [5, 5.41) is 7.82. The number of carbonyl (C=O) groups is 2. The first kappa shape index (κ1) is 11.6. The van der Waals surface area contributed by atoms with Crippen molar-refractivity contribution in [3.63, 3.8) is 0 Å². The second-order valence-corrected chi connectivity index (χ2v) is 3.52. The number of amides is 3. The highest BCUT2D eigenvalue weighted by atomic mass is 16.2. The fourth-order valence-corrected chi connectivity index (χ4v) is 1.05. The molecule has 0 aromatic rings. The van der Waals surface area contributed by atoms with Gasteiger partial charge in [-0.1, -0.05) is 6.08 Å². The lowest BCUT2D eigenvalue weighted by Crippen LogP contribution is -2.33. The van der Waals surface area contributed by atoms with Gasteiger partial charge >= 0.3 is 6.03 Å². The van der Waals surface area contributed by atoms with E-state index in [1.807, 2.05) is 6.08 Å². The normalized spacial score (nSPS) is 14.9. The second-order valence-electron chi connectivity index (χ2n) is 3.52. The van der Waals surface area contributed by atoms with Gasteiger partial charge in [0.1, 0.15) is 0 Å². The Kier molecular flexibility index (Phi) is 5.29. The van der Waals surface area contributed by atoms with E-state index in [2.05, 4.69) is 16.0 Å². The smallest absolute Gasteiger partial charge is 0.318 e. The Morgan fingerprint density at radius 1 is 1.33 bits per heavy atom. The topological polar surface area (TPSA) is 70.2 Å². The van der Waals surface area contributed by atoms with Crippen LogP contribution in [0.1, 0.15) is 19.3 Å². The molecule has 0 unspecified atom stereocenters. The van der Waals surface area contributed by atoms with Crippen molar-refractivity contribution in [2.45, 2.75) is 19.3 Å². The minimum atomic E-state index is -0.196. The van der Waals surface area contributed by atoms with Crippen LogP contribution in [0.2, 0.25) is 0 Å². The van der Waals surface area contributed by atoms with Gasteiger partial charge in [0.15, 0.2) is 0 Å². The van der Waals surface area contributed by atoms with Crippen LogP contribution in [0.15, 0.2) is 12.3 Å². The van der Waals surface area contributed by atoms with Gasteiger partial charge in [-0.15, -0.1) is 0 Å². The molecule has 3 amide bonds. The number of rotatable bonds is 7. The van der Waals surface area contributed by atoms with Gasteiger partial charge in [-0.05, 0) is 25.2 Å². The molecule has 0 aliphatic heterocycles. The number of hydrogen-bond acceptors (Lipinski definition) is 2. The van der Waals surface area contributed by atoms with Crippen LogP contribution >= 0.6 is 0 Å². The van der Waals surface area contributed by atoms with E-state index >= 15 is 0 Å². The largest absolute Gasteiger partial charge is 0.359 e. The molecule has 0 spiro atoms. The van der Waals surface area contributed by atoms with Crippen molar-refractivity contribution < 1.29 is 9.59 Å². The van der Waals surface area contributed by atoms with Crippen LogP contribution in [0.3, 0.4) is 0 Å². The van der Waals surface area contributed by atoms with E-state index < -0.39 is 0 Å². The maximum Gasteiger partial charge on any atom is 0.318 e. The van der Waals surface area contributed by atoms with Crippen LogP contribution < -0.4 is 16.0 Å². The average Bonchev–Trinajstić information content (AvgIpc) is 3.01. The number of carbonyl (C=O) groups excluding carboxylic acids is 2. The first-order valence-electron chi connectivity index (χ1n) is 5.21. The lowest BCUT2D eigenvalue weighted by atomic mass is 10.4. The van der Waals surface area contributed by atoms with Crippen molar-refractivity contribution in [3.8, 4) is 0 Å². The minimum Gasteiger partial charge on any atom is -0.359 e. The van der Waals surface area contributed by atoms with Crippen molar-refractivity contribution in [2.75, 3.05) is 13.1 Å². The Hall–Kier alpha value is -1.52. The monoisotopic (exact) mass is 211 g/mol. The molecule has 0 bridgehead atoms. The summed E-state index contributed by atoms with van der Waals surface area (Å²) in [4.78, 5) is 21.0. The molecule has 0 aromatic heterocycles. The molecule has 1 rings (SSSR count). The highest BCUT2D eigenvalue weighted by Gasteiger charge is 2.16. The fourth-order valence-electron chi connectivity index (χ4n) is 1.05. The van der Waals surface area contributed by atoms with E-state index in [9.17, 15) is 9.59 Å². The van der Waals surface area contributed by atoms with Crippen molar-refractivity contribution in [1.82, 2.24) is 16.0 Å². The zero-order valence-corrected chi connectivity index (χ0v) is 8.66. The predicted molar refractivity (Wildman–Crippen MR) is 57.1 cm³/mol. The number of hydrogen-bond donors (Lipinski definition) is 3. The molecule has 1 aliphatic rings. The third-order valence-electron chi connectivity index (χ3n) is 2.07. The summed E-state index contributed by atoms with van der Waals surface area (Å²) in [7, 11) is 0. The van der Waals surface area contributed by atoms with Crippen LogP contribution in [0, 0.1) is 5.92 Å². The number of allylic oxidation sites excluding steroid dienone is 1. The van der Waals surface area contributed by atoms with Crippen LogP contribution in [-0.2, 0) is 4.79 Å². The van der Waals surface area contributed by atoms with E-state index in [0.717, 1.165) is 6.42 Å². The summed E-state index contributed by atoms with van der Waals surface area (Å²) in [6.45, 7) is 1.14. The molecule has 15 heavy (non-hydrogen) atoms. The van der Waals surface area contributed by atoms with Gasteiger partial charge in [-0.2, -0.15) is 0 Å². The van der Waals surface area contributed by atoms with Crippen LogP contribution in [-0.4, -0.2) is 25.5 Å². The quantitative estimate of drug-likeness (QED) is 0.420. The zero-order valence-electron chi connectivity index (χ0n) is 8.66. The number of nitrogens with one attached hydrogen (secondary N) is 3. The summed E-state index contributed by atoms with van der Waals surface area (Å²) in [6.07, 6.45) is 7.55. The molecular weight excluding hydrogens is 194 g/mol. The fraction of sp³-hybridized carbons (Fsp3) is 0.600. The molecule has 3 N–H and O–H groups in total. The third kappa shape index (κ3) is 6.54. The summed E-state index contributed by atoms with van der Waals surface area (Å²) >= 11 is 0. The molecule has 0 radical (unpaired) electrons. The van der Waals surface area contributed by atoms with Gasteiger partial charge in [-0.3, -0.25) is 4.79 Å². The van der Waals surface area contributed by atoms with Gasteiger partial charge in [0, 0.05) is 19.3 Å². The first-order valence-corrected chi connectivity index (χ1v) is 5.21. The molecule has 5 heteroatoms. The van der Waals surface area contributed by atoms with Gasteiger partial charge in [0.25, 0.3) is 0 Å². The molecule has 0 aromatic carbocycles. The van der Waals surface area contributed by atoms with Crippen LogP contribution in [0.4, 0.5) is 4.79 Å². The van der Waals surface area contributed by atoms with Crippen molar-refractivity contribution in [1.29, 1.82) is 0 Å². The molecule has 5 nitrogen and oxygen atoms in total. The lowest BCUT2D eigenvalue weighted by molar-refractivity contribution is -0.109.